The predicted molar refractivity (Wildman–Crippen MR) is 124 cm³/mol. The second kappa shape index (κ2) is 22.1. The molecule has 0 saturated heterocycles. The fraction of sp³-hybridized carbons (Fsp3) is 0.960. The van der Waals surface area contributed by atoms with Crippen LogP contribution in [0.25, 0.3) is 0 Å². The van der Waals surface area contributed by atoms with Crippen LogP contribution in [-0.2, 0) is 4.79 Å². The maximum Gasteiger partial charge on any atom is 0.0906 e. The Morgan fingerprint density at radius 3 is 1.52 bits per heavy atom. The lowest BCUT2D eigenvalue weighted by Crippen LogP contribution is -2.45. The van der Waals surface area contributed by atoms with Crippen LogP contribution in [0.5, 0.6) is 0 Å². The first kappa shape index (κ1) is 30.6. The summed E-state index contributed by atoms with van der Waals surface area (Å²) in [7, 11) is 6.71. The van der Waals surface area contributed by atoms with Gasteiger partial charge in [0.2, 0.25) is 0 Å². The molecule has 0 bridgehead atoms. The van der Waals surface area contributed by atoms with E-state index in [1.165, 1.54) is 83.5 Å². The molecule has 0 amide bonds. The van der Waals surface area contributed by atoms with Crippen LogP contribution in [0.1, 0.15) is 123 Å². The third-order valence-electron chi connectivity index (χ3n) is 5.68. The van der Waals surface area contributed by atoms with Crippen molar-refractivity contribution in [1.82, 2.24) is 0 Å². The monoisotopic (exact) mass is 415 g/mol. The molecule has 29 heavy (non-hydrogen) atoms. The summed E-state index contributed by atoms with van der Waals surface area (Å²) in [5, 5.41) is 19.1. The zero-order valence-electron chi connectivity index (χ0n) is 20.5. The van der Waals surface area contributed by atoms with Crippen molar-refractivity contribution in [3.63, 3.8) is 0 Å². The SMILES string of the molecule is CCCCCCCCCC(=O)[O-].CCCCCCCCCC(CCO)[N+](C)(C)C. The zero-order chi connectivity index (χ0) is 22.4. The van der Waals surface area contributed by atoms with Crippen LogP contribution in [-0.4, -0.2) is 49.4 Å². The Bertz CT molecular complexity index is 339. The number of aliphatic hydroxyl groups excluding tert-OH is 1. The van der Waals surface area contributed by atoms with E-state index in [0.717, 1.165) is 23.7 Å². The van der Waals surface area contributed by atoms with Crippen LogP contribution in [0.2, 0.25) is 0 Å². The van der Waals surface area contributed by atoms with Crippen molar-refractivity contribution in [2.45, 2.75) is 129 Å². The Hall–Kier alpha value is -0.610. The Labute approximate surface area is 182 Å². The summed E-state index contributed by atoms with van der Waals surface area (Å²) in [6, 6.07) is 0.621. The number of hydrogen-bond acceptors (Lipinski definition) is 3. The van der Waals surface area contributed by atoms with Crippen molar-refractivity contribution in [2.24, 2.45) is 0 Å². The second-order valence-electron chi connectivity index (χ2n) is 9.44. The van der Waals surface area contributed by atoms with E-state index >= 15 is 0 Å². The van der Waals surface area contributed by atoms with Gasteiger partial charge in [0.05, 0.1) is 27.2 Å². The molecule has 0 aliphatic rings. The number of carbonyl (C=O) groups excluding carboxylic acids is 1. The summed E-state index contributed by atoms with van der Waals surface area (Å²) < 4.78 is 0.983. The van der Waals surface area contributed by atoms with E-state index < -0.39 is 5.97 Å². The number of hydrogen-bond donors (Lipinski definition) is 1. The maximum absolute atomic E-state index is 10.0. The molecular formula is C25H53NO3. The molecule has 0 spiro atoms. The van der Waals surface area contributed by atoms with Crippen molar-refractivity contribution >= 4 is 5.97 Å². The number of aliphatic hydroxyl groups is 1. The van der Waals surface area contributed by atoms with Gasteiger partial charge in [-0.1, -0.05) is 90.9 Å². The Balaban J connectivity index is 0. The lowest BCUT2D eigenvalue weighted by atomic mass is 10.0. The summed E-state index contributed by atoms with van der Waals surface area (Å²) in [4.78, 5) is 10.0. The minimum absolute atomic E-state index is 0.230. The van der Waals surface area contributed by atoms with Crippen LogP contribution < -0.4 is 5.11 Å². The number of carboxylic acids is 1. The highest BCUT2D eigenvalue weighted by Crippen LogP contribution is 2.17. The minimum atomic E-state index is -0.913. The molecule has 0 heterocycles. The van der Waals surface area contributed by atoms with Crippen LogP contribution in [0, 0.1) is 0 Å². The third kappa shape index (κ3) is 25.4. The van der Waals surface area contributed by atoms with Crippen LogP contribution in [0.4, 0.5) is 0 Å². The number of carboxylic acid groups (broad SMARTS) is 1. The van der Waals surface area contributed by atoms with Crippen molar-refractivity contribution in [3.8, 4) is 0 Å². The van der Waals surface area contributed by atoms with Crippen molar-refractivity contribution in [2.75, 3.05) is 27.7 Å². The molecule has 0 rings (SSSR count). The zero-order valence-corrected chi connectivity index (χ0v) is 20.5. The molecular weight excluding hydrogens is 362 g/mol. The van der Waals surface area contributed by atoms with Gasteiger partial charge in [-0.25, -0.2) is 0 Å². The van der Waals surface area contributed by atoms with E-state index in [1.807, 2.05) is 0 Å². The quantitative estimate of drug-likeness (QED) is 0.225. The lowest BCUT2D eigenvalue weighted by Gasteiger charge is -2.34. The van der Waals surface area contributed by atoms with Gasteiger partial charge < -0.3 is 19.5 Å². The molecule has 0 aromatic heterocycles. The van der Waals surface area contributed by atoms with E-state index in [0.29, 0.717) is 12.6 Å². The number of carbonyl (C=O) groups is 1. The first-order valence-corrected chi connectivity index (χ1v) is 12.4. The van der Waals surface area contributed by atoms with E-state index in [1.54, 1.807) is 0 Å². The van der Waals surface area contributed by atoms with Crippen LogP contribution in [0.3, 0.4) is 0 Å². The largest absolute Gasteiger partial charge is 0.550 e. The number of unbranched alkanes of at least 4 members (excludes halogenated alkanes) is 12. The second-order valence-corrected chi connectivity index (χ2v) is 9.44. The topological polar surface area (TPSA) is 60.4 Å². The van der Waals surface area contributed by atoms with Gasteiger partial charge in [0.1, 0.15) is 0 Å². The molecule has 0 aliphatic heterocycles. The molecule has 4 heteroatoms. The molecule has 1 unspecified atom stereocenters. The Morgan fingerprint density at radius 1 is 0.724 bits per heavy atom. The molecule has 0 aliphatic carbocycles. The van der Waals surface area contributed by atoms with Gasteiger partial charge in [0.15, 0.2) is 0 Å². The molecule has 1 atom stereocenters. The van der Waals surface area contributed by atoms with E-state index in [9.17, 15) is 9.90 Å². The normalized spacial score (nSPS) is 12.3. The smallest absolute Gasteiger partial charge is 0.0906 e. The van der Waals surface area contributed by atoms with Crippen molar-refractivity contribution < 1.29 is 19.5 Å². The number of quaternary nitrogens is 1. The van der Waals surface area contributed by atoms with Crippen molar-refractivity contribution in [3.05, 3.63) is 0 Å². The van der Waals surface area contributed by atoms with Gasteiger partial charge in [-0.05, 0) is 25.7 Å². The molecule has 0 fully saturated rings. The first-order valence-electron chi connectivity index (χ1n) is 12.4. The van der Waals surface area contributed by atoms with Crippen molar-refractivity contribution in [1.29, 1.82) is 0 Å². The highest BCUT2D eigenvalue weighted by Gasteiger charge is 2.22. The highest BCUT2D eigenvalue weighted by atomic mass is 16.4. The van der Waals surface area contributed by atoms with Gasteiger partial charge in [-0.15, -0.1) is 0 Å². The average molecular weight is 416 g/mol. The molecule has 0 aromatic carbocycles. The maximum atomic E-state index is 10.0. The Morgan fingerprint density at radius 2 is 1.14 bits per heavy atom. The summed E-state index contributed by atoms with van der Waals surface area (Å²) in [6.45, 7) is 4.79. The molecule has 0 radical (unpaired) electrons. The minimum Gasteiger partial charge on any atom is -0.550 e. The summed E-state index contributed by atoms with van der Waals surface area (Å²) in [5.74, 6) is -0.913. The van der Waals surface area contributed by atoms with Gasteiger partial charge in [0, 0.05) is 19.0 Å². The summed E-state index contributed by atoms with van der Waals surface area (Å²) >= 11 is 0. The van der Waals surface area contributed by atoms with Gasteiger partial charge in [-0.2, -0.15) is 0 Å². The Kier molecular flexibility index (Phi) is 23.3. The predicted octanol–water partition coefficient (Wildman–Crippen LogP) is 5.46. The van der Waals surface area contributed by atoms with Crippen LogP contribution in [0.15, 0.2) is 0 Å². The van der Waals surface area contributed by atoms with Gasteiger partial charge >= 0.3 is 0 Å². The summed E-state index contributed by atoms with van der Waals surface area (Å²) in [6.07, 6.45) is 20.2. The van der Waals surface area contributed by atoms with E-state index in [-0.39, 0.29) is 6.42 Å². The first-order chi connectivity index (χ1) is 13.8. The molecule has 176 valence electrons. The van der Waals surface area contributed by atoms with E-state index in [2.05, 4.69) is 35.0 Å². The number of nitrogens with zero attached hydrogens (tertiary/aromatic N) is 1. The molecule has 0 saturated carbocycles. The number of aliphatic carboxylic acids is 1. The number of rotatable bonds is 19. The fourth-order valence-corrected chi connectivity index (χ4v) is 3.63. The molecule has 1 N–H and O–H groups in total. The van der Waals surface area contributed by atoms with Crippen LogP contribution >= 0.6 is 0 Å². The molecule has 4 nitrogen and oxygen atoms in total. The standard InChI is InChI=1S/C15H34NO.C10H20O2/c1-5-6-7-8-9-10-11-12-15(13-14-17)16(2,3)4;1-2-3-4-5-6-7-8-9-10(11)12/h15,17H,5-14H2,1-4H3;2-9H2,1H3,(H,11,12)/q+1;/p-1. The average Bonchev–Trinajstić information content (AvgIpc) is 2.65. The summed E-state index contributed by atoms with van der Waals surface area (Å²) in [5.41, 5.74) is 0. The van der Waals surface area contributed by atoms with Gasteiger partial charge in [0.25, 0.3) is 0 Å². The van der Waals surface area contributed by atoms with E-state index in [4.69, 9.17) is 5.11 Å². The van der Waals surface area contributed by atoms with Gasteiger partial charge in [-0.3, -0.25) is 0 Å². The fourth-order valence-electron chi connectivity index (χ4n) is 3.63. The highest BCUT2D eigenvalue weighted by molar-refractivity contribution is 5.63. The third-order valence-corrected chi connectivity index (χ3v) is 5.68. The molecule has 0 aromatic rings. The lowest BCUT2D eigenvalue weighted by molar-refractivity contribution is -0.896.